The van der Waals surface area contributed by atoms with Gasteiger partial charge < -0.3 is 10.1 Å². The molecule has 2 aromatic rings. The highest BCUT2D eigenvalue weighted by Gasteiger charge is 2.41. The van der Waals surface area contributed by atoms with Gasteiger partial charge in [-0.1, -0.05) is 23.7 Å². The number of anilines is 2. The Labute approximate surface area is 157 Å². The molecule has 0 spiro atoms. The van der Waals surface area contributed by atoms with Crippen molar-refractivity contribution in [2.75, 3.05) is 16.8 Å². The number of nitrogens with zero attached hydrogens (tertiary/aromatic N) is 1. The number of ether oxygens (including phenoxy) is 1. The summed E-state index contributed by atoms with van der Waals surface area (Å²) in [5, 5.41) is 3.36. The lowest BCUT2D eigenvalue weighted by Gasteiger charge is -2.38. The van der Waals surface area contributed by atoms with Gasteiger partial charge in [0.15, 0.2) is 5.60 Å². The van der Waals surface area contributed by atoms with Crippen LogP contribution in [-0.2, 0) is 9.59 Å². The average molecular weight is 373 g/mol. The predicted molar refractivity (Wildman–Crippen MR) is 103 cm³/mol. The zero-order chi connectivity index (χ0) is 19.1. The number of carbonyl (C=O) groups excluding carboxylic acids is 2. The molecular formula is C20H21ClN2O3. The van der Waals surface area contributed by atoms with E-state index < -0.39 is 5.60 Å². The van der Waals surface area contributed by atoms with Gasteiger partial charge in [-0.25, -0.2) is 0 Å². The summed E-state index contributed by atoms with van der Waals surface area (Å²) in [4.78, 5) is 26.8. The fourth-order valence-electron chi connectivity index (χ4n) is 2.92. The molecule has 1 heterocycles. The summed E-state index contributed by atoms with van der Waals surface area (Å²) in [6, 6.07) is 10.8. The second-order valence-corrected chi connectivity index (χ2v) is 7.35. The molecule has 0 saturated heterocycles. The fraction of sp³-hybridized carbons (Fsp3) is 0.300. The van der Waals surface area contributed by atoms with Crippen LogP contribution in [0.1, 0.15) is 25.0 Å². The molecular weight excluding hydrogens is 352 g/mol. The van der Waals surface area contributed by atoms with Crippen LogP contribution in [0.3, 0.4) is 0 Å². The van der Waals surface area contributed by atoms with E-state index in [-0.39, 0.29) is 18.4 Å². The second kappa shape index (κ2) is 6.65. The molecule has 0 bridgehead atoms. The van der Waals surface area contributed by atoms with Gasteiger partial charge in [0.05, 0.1) is 5.69 Å². The van der Waals surface area contributed by atoms with Crippen molar-refractivity contribution in [3.63, 3.8) is 0 Å². The van der Waals surface area contributed by atoms with E-state index in [0.717, 1.165) is 16.8 Å². The lowest BCUT2D eigenvalue weighted by molar-refractivity contribution is -0.133. The summed E-state index contributed by atoms with van der Waals surface area (Å²) in [5.41, 5.74) is 2.26. The molecule has 0 aliphatic carbocycles. The van der Waals surface area contributed by atoms with Gasteiger partial charge in [-0.3, -0.25) is 14.5 Å². The molecule has 0 atom stereocenters. The van der Waals surface area contributed by atoms with E-state index in [1.165, 1.54) is 4.90 Å². The Morgan fingerprint density at radius 1 is 1.23 bits per heavy atom. The molecule has 0 saturated carbocycles. The first-order valence-electron chi connectivity index (χ1n) is 8.35. The van der Waals surface area contributed by atoms with E-state index in [9.17, 15) is 9.59 Å². The van der Waals surface area contributed by atoms with Crippen LogP contribution >= 0.6 is 11.6 Å². The van der Waals surface area contributed by atoms with Gasteiger partial charge in [-0.05, 0) is 63.1 Å². The highest BCUT2D eigenvalue weighted by Crippen LogP contribution is 2.39. The van der Waals surface area contributed by atoms with Crippen LogP contribution in [0.4, 0.5) is 11.4 Å². The number of hydrogen-bond donors (Lipinski definition) is 1. The number of hydrogen-bond acceptors (Lipinski definition) is 3. The number of aryl methyl sites for hydroxylation is 1. The Hall–Kier alpha value is -2.53. The van der Waals surface area contributed by atoms with Gasteiger partial charge in [0, 0.05) is 10.7 Å². The minimum atomic E-state index is -1.06. The number of amides is 2. The Morgan fingerprint density at radius 3 is 2.69 bits per heavy atom. The highest BCUT2D eigenvalue weighted by atomic mass is 35.5. The van der Waals surface area contributed by atoms with Crippen LogP contribution < -0.4 is 15.0 Å². The first-order chi connectivity index (χ1) is 12.2. The van der Waals surface area contributed by atoms with Crippen molar-refractivity contribution >= 4 is 34.8 Å². The number of rotatable bonds is 3. The van der Waals surface area contributed by atoms with Gasteiger partial charge >= 0.3 is 0 Å². The van der Waals surface area contributed by atoms with E-state index in [0.29, 0.717) is 16.5 Å². The molecule has 2 amide bonds. The summed E-state index contributed by atoms with van der Waals surface area (Å²) in [6.07, 6.45) is 0. The van der Waals surface area contributed by atoms with Gasteiger partial charge in [0.1, 0.15) is 12.3 Å². The van der Waals surface area contributed by atoms with Gasteiger partial charge in [-0.15, -0.1) is 0 Å². The second-order valence-electron chi connectivity index (χ2n) is 6.91. The molecule has 0 unspecified atom stereocenters. The molecule has 1 aliphatic heterocycles. The van der Waals surface area contributed by atoms with E-state index in [1.807, 2.05) is 32.0 Å². The Bertz CT molecular complexity index is 893. The maximum absolute atomic E-state index is 12.8. The zero-order valence-corrected chi connectivity index (χ0v) is 16.0. The maximum Gasteiger partial charge on any atom is 0.271 e. The molecule has 1 aliphatic rings. The zero-order valence-electron chi connectivity index (χ0n) is 15.2. The summed E-state index contributed by atoms with van der Waals surface area (Å²) < 4.78 is 5.77. The highest BCUT2D eigenvalue weighted by molar-refractivity contribution is 6.31. The first-order valence-corrected chi connectivity index (χ1v) is 8.73. The number of nitrogens with one attached hydrogen (secondary N) is 1. The molecule has 3 rings (SSSR count). The first kappa shape index (κ1) is 18.3. The standard InChI is InChI=1S/C20H21ClN2O3/c1-12-6-5-7-15(13(12)2)22-18(24)11-23-16-10-14(21)8-9-17(16)26-20(3,4)19(23)25/h5-10H,11H2,1-4H3,(H,22,24). The van der Waals surface area contributed by atoms with Crippen molar-refractivity contribution in [1.82, 2.24) is 0 Å². The van der Waals surface area contributed by atoms with Crippen molar-refractivity contribution in [2.45, 2.75) is 33.3 Å². The molecule has 0 fully saturated rings. The third kappa shape index (κ3) is 3.40. The van der Waals surface area contributed by atoms with Crippen LogP contribution in [-0.4, -0.2) is 24.0 Å². The summed E-state index contributed by atoms with van der Waals surface area (Å²) in [6.45, 7) is 7.18. The fourth-order valence-corrected chi connectivity index (χ4v) is 3.08. The van der Waals surface area contributed by atoms with E-state index in [4.69, 9.17) is 16.3 Å². The van der Waals surface area contributed by atoms with E-state index >= 15 is 0 Å². The minimum absolute atomic E-state index is 0.119. The Balaban J connectivity index is 1.88. The lowest BCUT2D eigenvalue weighted by Crippen LogP contribution is -2.54. The number of carbonyl (C=O) groups is 2. The Morgan fingerprint density at radius 2 is 1.96 bits per heavy atom. The summed E-state index contributed by atoms with van der Waals surface area (Å²) in [5.74, 6) is -0.0439. The topological polar surface area (TPSA) is 58.6 Å². The van der Waals surface area contributed by atoms with Crippen LogP contribution in [0, 0.1) is 13.8 Å². The third-order valence-electron chi connectivity index (χ3n) is 4.52. The lowest BCUT2D eigenvalue weighted by atomic mass is 10.0. The van der Waals surface area contributed by atoms with Crippen LogP contribution in [0.5, 0.6) is 5.75 Å². The third-order valence-corrected chi connectivity index (χ3v) is 4.75. The Kier molecular flexibility index (Phi) is 4.67. The van der Waals surface area contributed by atoms with Crippen molar-refractivity contribution in [2.24, 2.45) is 0 Å². The normalized spacial score (nSPS) is 15.3. The molecule has 6 heteroatoms. The van der Waals surface area contributed by atoms with Gasteiger partial charge in [-0.2, -0.15) is 0 Å². The van der Waals surface area contributed by atoms with Crippen LogP contribution in [0.25, 0.3) is 0 Å². The quantitative estimate of drug-likeness (QED) is 0.882. The van der Waals surface area contributed by atoms with E-state index in [2.05, 4.69) is 5.32 Å². The number of halogens is 1. The molecule has 5 nitrogen and oxygen atoms in total. The monoisotopic (exact) mass is 372 g/mol. The van der Waals surface area contributed by atoms with Crippen LogP contribution in [0.15, 0.2) is 36.4 Å². The molecule has 0 radical (unpaired) electrons. The minimum Gasteiger partial charge on any atom is -0.476 e. The summed E-state index contributed by atoms with van der Waals surface area (Å²) >= 11 is 6.07. The molecule has 2 aromatic carbocycles. The van der Waals surface area contributed by atoms with E-state index in [1.54, 1.807) is 32.0 Å². The molecule has 1 N–H and O–H groups in total. The predicted octanol–water partition coefficient (Wildman–Crippen LogP) is 4.10. The molecule has 26 heavy (non-hydrogen) atoms. The van der Waals surface area contributed by atoms with Gasteiger partial charge in [0.2, 0.25) is 5.91 Å². The maximum atomic E-state index is 12.8. The van der Waals surface area contributed by atoms with Crippen molar-refractivity contribution in [3.05, 3.63) is 52.5 Å². The smallest absolute Gasteiger partial charge is 0.271 e. The van der Waals surface area contributed by atoms with Crippen molar-refractivity contribution < 1.29 is 14.3 Å². The number of benzene rings is 2. The average Bonchev–Trinajstić information content (AvgIpc) is 2.57. The SMILES string of the molecule is Cc1cccc(NC(=O)CN2C(=O)C(C)(C)Oc3ccc(Cl)cc32)c1C. The van der Waals surface area contributed by atoms with Crippen molar-refractivity contribution in [3.8, 4) is 5.75 Å². The van der Waals surface area contributed by atoms with Crippen LogP contribution in [0.2, 0.25) is 5.02 Å². The van der Waals surface area contributed by atoms with Crippen molar-refractivity contribution in [1.29, 1.82) is 0 Å². The molecule has 0 aromatic heterocycles. The largest absolute Gasteiger partial charge is 0.476 e. The van der Waals surface area contributed by atoms with Gasteiger partial charge in [0.25, 0.3) is 5.91 Å². The summed E-state index contributed by atoms with van der Waals surface area (Å²) in [7, 11) is 0. The number of fused-ring (bicyclic) bond motifs is 1. The molecule has 136 valence electrons.